The molecule has 1 aliphatic heterocycles. The molecule has 1 saturated heterocycles. The average molecular weight is 365 g/mol. The second-order valence-electron chi connectivity index (χ2n) is 5.49. The predicted molar refractivity (Wildman–Crippen MR) is 80.7 cm³/mol. The standard InChI is InChI=1S/C14H18F3N3O3S/c1-10-8-18-5-6-20(10)13(21)9-19-24(22,23)12-4-2-3-11(7-12)14(15,16)17/h2-4,7,10,18-19H,5-6,8-9H2,1H3/t10-/m1/s1. The summed E-state index contributed by atoms with van der Waals surface area (Å²) >= 11 is 0. The largest absolute Gasteiger partial charge is 0.416 e. The van der Waals surface area contributed by atoms with Crippen molar-refractivity contribution in [2.75, 3.05) is 26.2 Å². The van der Waals surface area contributed by atoms with Crippen molar-refractivity contribution in [2.24, 2.45) is 0 Å². The van der Waals surface area contributed by atoms with Crippen molar-refractivity contribution in [2.45, 2.75) is 24.0 Å². The van der Waals surface area contributed by atoms with Crippen LogP contribution in [-0.2, 0) is 21.0 Å². The number of piperazine rings is 1. The fourth-order valence-corrected chi connectivity index (χ4v) is 3.41. The summed E-state index contributed by atoms with van der Waals surface area (Å²) in [6.07, 6.45) is -4.64. The van der Waals surface area contributed by atoms with Crippen molar-refractivity contribution in [3.05, 3.63) is 29.8 Å². The molecule has 1 heterocycles. The normalized spacial score (nSPS) is 19.3. The molecule has 0 unspecified atom stereocenters. The third-order valence-electron chi connectivity index (χ3n) is 3.71. The second-order valence-corrected chi connectivity index (χ2v) is 7.26. The summed E-state index contributed by atoms with van der Waals surface area (Å²) in [5, 5.41) is 3.10. The molecule has 1 amide bonds. The Morgan fingerprint density at radius 1 is 1.42 bits per heavy atom. The number of hydrogen-bond acceptors (Lipinski definition) is 4. The van der Waals surface area contributed by atoms with Gasteiger partial charge in [-0.2, -0.15) is 13.2 Å². The summed E-state index contributed by atoms with van der Waals surface area (Å²) in [6.45, 7) is 2.99. The van der Waals surface area contributed by atoms with Crippen LogP contribution in [-0.4, -0.2) is 51.4 Å². The number of amides is 1. The number of alkyl halides is 3. The van der Waals surface area contributed by atoms with E-state index >= 15 is 0 Å². The molecule has 0 bridgehead atoms. The van der Waals surface area contributed by atoms with Gasteiger partial charge in [0.25, 0.3) is 0 Å². The first-order valence-corrected chi connectivity index (χ1v) is 8.77. The maximum absolute atomic E-state index is 12.7. The van der Waals surface area contributed by atoms with Crippen LogP contribution in [0.1, 0.15) is 12.5 Å². The van der Waals surface area contributed by atoms with Gasteiger partial charge in [-0.3, -0.25) is 4.79 Å². The van der Waals surface area contributed by atoms with Gasteiger partial charge in [-0.05, 0) is 25.1 Å². The number of halogens is 3. The molecule has 0 saturated carbocycles. The number of sulfonamides is 1. The highest BCUT2D eigenvalue weighted by molar-refractivity contribution is 7.89. The van der Waals surface area contributed by atoms with Gasteiger partial charge in [0.05, 0.1) is 17.0 Å². The molecule has 0 aliphatic carbocycles. The van der Waals surface area contributed by atoms with Crippen LogP contribution < -0.4 is 10.0 Å². The third-order valence-corrected chi connectivity index (χ3v) is 5.11. The molecule has 2 rings (SSSR count). The van der Waals surface area contributed by atoms with Gasteiger partial charge in [-0.25, -0.2) is 13.1 Å². The van der Waals surface area contributed by atoms with Crippen molar-refractivity contribution in [1.82, 2.24) is 14.9 Å². The van der Waals surface area contributed by atoms with Crippen molar-refractivity contribution in [3.8, 4) is 0 Å². The smallest absolute Gasteiger partial charge is 0.336 e. The Morgan fingerprint density at radius 3 is 2.75 bits per heavy atom. The lowest BCUT2D eigenvalue weighted by molar-refractivity contribution is -0.137. The summed E-state index contributed by atoms with van der Waals surface area (Å²) in [5.41, 5.74) is -1.06. The Kier molecular flexibility index (Phi) is 5.51. The lowest BCUT2D eigenvalue weighted by atomic mass is 10.2. The molecule has 2 N–H and O–H groups in total. The Bertz CT molecular complexity index is 707. The molecule has 1 aromatic carbocycles. The van der Waals surface area contributed by atoms with Crippen molar-refractivity contribution < 1.29 is 26.4 Å². The third kappa shape index (κ3) is 4.46. The van der Waals surface area contributed by atoms with Crippen LogP contribution in [0.25, 0.3) is 0 Å². The van der Waals surface area contributed by atoms with Crippen LogP contribution >= 0.6 is 0 Å². The van der Waals surface area contributed by atoms with Crippen molar-refractivity contribution in [1.29, 1.82) is 0 Å². The highest BCUT2D eigenvalue weighted by Gasteiger charge is 2.32. The number of rotatable bonds is 4. The number of carbonyl (C=O) groups excluding carboxylic acids is 1. The monoisotopic (exact) mass is 365 g/mol. The topological polar surface area (TPSA) is 78.5 Å². The van der Waals surface area contributed by atoms with E-state index < -0.39 is 39.1 Å². The van der Waals surface area contributed by atoms with Gasteiger partial charge in [0.2, 0.25) is 15.9 Å². The average Bonchev–Trinajstić information content (AvgIpc) is 2.52. The van der Waals surface area contributed by atoms with Gasteiger partial charge in [0.1, 0.15) is 0 Å². The Labute approximate surface area is 138 Å². The Morgan fingerprint density at radius 2 is 2.12 bits per heavy atom. The minimum Gasteiger partial charge on any atom is -0.336 e. The second kappa shape index (κ2) is 7.08. The molecule has 0 spiro atoms. The highest BCUT2D eigenvalue weighted by atomic mass is 32.2. The molecule has 10 heteroatoms. The lowest BCUT2D eigenvalue weighted by Gasteiger charge is -2.34. The van der Waals surface area contributed by atoms with Gasteiger partial charge in [-0.15, -0.1) is 0 Å². The zero-order chi connectivity index (χ0) is 18.0. The first-order chi connectivity index (χ1) is 11.1. The predicted octanol–water partition coefficient (Wildman–Crippen LogP) is 0.804. The van der Waals surface area contributed by atoms with E-state index in [-0.39, 0.29) is 6.04 Å². The van der Waals surface area contributed by atoms with Crippen LogP contribution in [0.2, 0.25) is 0 Å². The van der Waals surface area contributed by atoms with Crippen LogP contribution in [0.5, 0.6) is 0 Å². The minimum atomic E-state index is -4.64. The van der Waals surface area contributed by atoms with E-state index in [9.17, 15) is 26.4 Å². The van der Waals surface area contributed by atoms with E-state index in [4.69, 9.17) is 0 Å². The van der Waals surface area contributed by atoms with Crippen LogP contribution in [0, 0.1) is 0 Å². The zero-order valence-electron chi connectivity index (χ0n) is 12.9. The SMILES string of the molecule is C[C@@H]1CNCCN1C(=O)CNS(=O)(=O)c1cccc(C(F)(F)F)c1. The molecule has 6 nitrogen and oxygen atoms in total. The molecule has 1 fully saturated rings. The number of carbonyl (C=O) groups is 1. The molecule has 1 atom stereocenters. The lowest BCUT2D eigenvalue weighted by Crippen LogP contribution is -2.54. The van der Waals surface area contributed by atoms with E-state index in [1.54, 1.807) is 0 Å². The van der Waals surface area contributed by atoms with E-state index in [2.05, 4.69) is 10.0 Å². The quantitative estimate of drug-likeness (QED) is 0.828. The fraction of sp³-hybridized carbons (Fsp3) is 0.500. The van der Waals surface area contributed by atoms with E-state index in [0.29, 0.717) is 25.7 Å². The van der Waals surface area contributed by atoms with E-state index in [0.717, 1.165) is 18.2 Å². The summed E-state index contributed by atoms with van der Waals surface area (Å²) in [5.74, 6) is -0.417. The number of nitrogens with zero attached hydrogens (tertiary/aromatic N) is 1. The molecule has 0 aromatic heterocycles. The van der Waals surface area contributed by atoms with Gasteiger partial charge >= 0.3 is 6.18 Å². The van der Waals surface area contributed by atoms with Crippen molar-refractivity contribution in [3.63, 3.8) is 0 Å². The van der Waals surface area contributed by atoms with Crippen LogP contribution in [0.15, 0.2) is 29.2 Å². The molecule has 1 aromatic rings. The Hall–Kier alpha value is -1.65. The van der Waals surface area contributed by atoms with Gasteiger partial charge < -0.3 is 10.2 Å². The molecule has 0 radical (unpaired) electrons. The first kappa shape index (κ1) is 18.7. The minimum absolute atomic E-state index is 0.0793. The maximum Gasteiger partial charge on any atom is 0.416 e. The Balaban J connectivity index is 2.07. The first-order valence-electron chi connectivity index (χ1n) is 7.28. The molecular weight excluding hydrogens is 347 g/mol. The van der Waals surface area contributed by atoms with Crippen LogP contribution in [0.3, 0.4) is 0 Å². The molecule has 134 valence electrons. The number of benzene rings is 1. The summed E-state index contributed by atoms with van der Waals surface area (Å²) in [4.78, 5) is 13.1. The molecular formula is C14H18F3N3O3S. The van der Waals surface area contributed by atoms with E-state index in [1.807, 2.05) is 6.92 Å². The van der Waals surface area contributed by atoms with Crippen LogP contribution in [0.4, 0.5) is 13.2 Å². The fourth-order valence-electron chi connectivity index (χ4n) is 2.39. The molecule has 1 aliphatic rings. The molecule has 24 heavy (non-hydrogen) atoms. The van der Waals surface area contributed by atoms with Gasteiger partial charge in [0.15, 0.2) is 0 Å². The maximum atomic E-state index is 12.7. The van der Waals surface area contributed by atoms with E-state index in [1.165, 1.54) is 4.90 Å². The zero-order valence-corrected chi connectivity index (χ0v) is 13.7. The van der Waals surface area contributed by atoms with Gasteiger partial charge in [0, 0.05) is 25.7 Å². The van der Waals surface area contributed by atoms with Crippen molar-refractivity contribution >= 4 is 15.9 Å². The van der Waals surface area contributed by atoms with Gasteiger partial charge in [-0.1, -0.05) is 6.07 Å². The number of hydrogen-bond donors (Lipinski definition) is 2. The summed E-state index contributed by atoms with van der Waals surface area (Å²) in [6, 6.07) is 3.31. The summed E-state index contributed by atoms with van der Waals surface area (Å²) < 4.78 is 64.3. The number of nitrogens with one attached hydrogen (secondary N) is 2. The summed E-state index contributed by atoms with van der Waals surface area (Å²) in [7, 11) is -4.21. The highest BCUT2D eigenvalue weighted by Crippen LogP contribution is 2.30.